The standard InChI is InChI=1S/C11H11ClN2O4S/c1-14(5-4-11(15)16)19(17,18)10-6-9(12)3-2-8(10)7-13/h2-3,6H,4-5H2,1H3,(H,15,16). The molecule has 0 amide bonds. The number of aliphatic carboxylic acids is 1. The van der Waals surface area contributed by atoms with E-state index < -0.39 is 16.0 Å². The van der Waals surface area contributed by atoms with Gasteiger partial charge in [0, 0.05) is 18.6 Å². The van der Waals surface area contributed by atoms with Crippen LogP contribution in [0.4, 0.5) is 0 Å². The van der Waals surface area contributed by atoms with Crippen molar-refractivity contribution in [3.63, 3.8) is 0 Å². The van der Waals surface area contributed by atoms with Gasteiger partial charge in [-0.25, -0.2) is 12.7 Å². The average molecular weight is 303 g/mol. The minimum atomic E-state index is -3.94. The van der Waals surface area contributed by atoms with Crippen molar-refractivity contribution in [2.45, 2.75) is 11.3 Å². The van der Waals surface area contributed by atoms with E-state index in [1.807, 2.05) is 0 Å². The van der Waals surface area contributed by atoms with Crippen molar-refractivity contribution in [2.24, 2.45) is 0 Å². The Kier molecular flexibility index (Phi) is 4.89. The number of hydrogen-bond acceptors (Lipinski definition) is 4. The van der Waals surface area contributed by atoms with Gasteiger partial charge in [-0.15, -0.1) is 0 Å². The summed E-state index contributed by atoms with van der Waals surface area (Å²) in [6, 6.07) is 5.66. The molecule has 0 atom stereocenters. The molecule has 0 aliphatic carbocycles. The molecule has 0 aliphatic heterocycles. The van der Waals surface area contributed by atoms with Crippen LogP contribution in [0.1, 0.15) is 12.0 Å². The predicted molar refractivity (Wildman–Crippen MR) is 68.2 cm³/mol. The number of carboxylic acids is 1. The van der Waals surface area contributed by atoms with Gasteiger partial charge in [0.05, 0.1) is 12.0 Å². The third kappa shape index (κ3) is 3.67. The Morgan fingerprint density at radius 3 is 2.68 bits per heavy atom. The number of nitriles is 1. The Morgan fingerprint density at radius 2 is 2.16 bits per heavy atom. The number of halogens is 1. The molecule has 1 aromatic carbocycles. The summed E-state index contributed by atoms with van der Waals surface area (Å²) in [5.74, 6) is -1.10. The molecule has 0 aliphatic rings. The summed E-state index contributed by atoms with van der Waals surface area (Å²) in [7, 11) is -2.69. The lowest BCUT2D eigenvalue weighted by Gasteiger charge is -2.17. The number of hydrogen-bond donors (Lipinski definition) is 1. The van der Waals surface area contributed by atoms with E-state index in [1.165, 1.54) is 25.2 Å². The zero-order valence-electron chi connectivity index (χ0n) is 10.00. The Labute approximate surface area is 115 Å². The minimum Gasteiger partial charge on any atom is -0.481 e. The van der Waals surface area contributed by atoms with E-state index in [9.17, 15) is 13.2 Å². The summed E-state index contributed by atoms with van der Waals surface area (Å²) in [6.45, 7) is -0.185. The van der Waals surface area contributed by atoms with Crippen molar-refractivity contribution in [3.05, 3.63) is 28.8 Å². The van der Waals surface area contributed by atoms with Gasteiger partial charge in [-0.1, -0.05) is 11.6 Å². The van der Waals surface area contributed by atoms with E-state index in [0.29, 0.717) is 0 Å². The molecule has 0 saturated carbocycles. The highest BCUT2D eigenvalue weighted by molar-refractivity contribution is 7.89. The van der Waals surface area contributed by atoms with Gasteiger partial charge in [0.2, 0.25) is 10.0 Å². The van der Waals surface area contributed by atoms with E-state index in [1.54, 1.807) is 6.07 Å². The Bertz CT molecular complexity index is 637. The second-order valence-electron chi connectivity index (χ2n) is 3.72. The maximum Gasteiger partial charge on any atom is 0.304 e. The normalized spacial score (nSPS) is 11.3. The fourth-order valence-corrected chi connectivity index (χ4v) is 2.91. The first-order valence-corrected chi connectivity index (χ1v) is 6.98. The molecule has 0 spiro atoms. The third-order valence-electron chi connectivity index (χ3n) is 2.39. The van der Waals surface area contributed by atoms with Gasteiger partial charge in [0.15, 0.2) is 0 Å². The van der Waals surface area contributed by atoms with Crippen LogP contribution in [-0.2, 0) is 14.8 Å². The van der Waals surface area contributed by atoms with Crippen molar-refractivity contribution in [1.29, 1.82) is 5.26 Å². The Balaban J connectivity index is 3.17. The smallest absolute Gasteiger partial charge is 0.304 e. The molecule has 19 heavy (non-hydrogen) atoms. The molecular weight excluding hydrogens is 292 g/mol. The summed E-state index contributed by atoms with van der Waals surface area (Å²) in [4.78, 5) is 10.2. The average Bonchev–Trinajstić information content (AvgIpc) is 2.35. The van der Waals surface area contributed by atoms with Crippen LogP contribution < -0.4 is 0 Å². The second kappa shape index (κ2) is 6.02. The van der Waals surface area contributed by atoms with Crippen LogP contribution in [0.2, 0.25) is 5.02 Å². The quantitative estimate of drug-likeness (QED) is 0.884. The first-order chi connectivity index (χ1) is 8.78. The van der Waals surface area contributed by atoms with E-state index in [-0.39, 0.29) is 28.4 Å². The number of carboxylic acid groups (broad SMARTS) is 1. The van der Waals surface area contributed by atoms with Crippen molar-refractivity contribution >= 4 is 27.6 Å². The van der Waals surface area contributed by atoms with Gasteiger partial charge >= 0.3 is 5.97 Å². The van der Waals surface area contributed by atoms with E-state index >= 15 is 0 Å². The fraction of sp³-hybridized carbons (Fsp3) is 0.273. The fourth-order valence-electron chi connectivity index (χ4n) is 1.34. The molecule has 0 unspecified atom stereocenters. The lowest BCUT2D eigenvalue weighted by Crippen LogP contribution is -2.29. The summed E-state index contributed by atoms with van der Waals surface area (Å²) in [5.41, 5.74) is -0.0356. The first kappa shape index (κ1) is 15.4. The van der Waals surface area contributed by atoms with Crippen molar-refractivity contribution in [3.8, 4) is 6.07 Å². The molecule has 1 N–H and O–H groups in total. The third-order valence-corrected chi connectivity index (χ3v) is 4.52. The van der Waals surface area contributed by atoms with E-state index in [0.717, 1.165) is 4.31 Å². The minimum absolute atomic E-state index is 0.0356. The molecule has 1 rings (SSSR count). The maximum atomic E-state index is 12.2. The summed E-state index contributed by atoms with van der Waals surface area (Å²) >= 11 is 5.73. The molecule has 8 heteroatoms. The lowest BCUT2D eigenvalue weighted by atomic mass is 10.2. The molecule has 6 nitrogen and oxygen atoms in total. The molecular formula is C11H11ClN2O4S. The summed E-state index contributed by atoms with van der Waals surface area (Å²) in [6.07, 6.45) is -0.321. The molecule has 0 saturated heterocycles. The van der Waals surface area contributed by atoms with Crippen molar-refractivity contribution < 1.29 is 18.3 Å². The van der Waals surface area contributed by atoms with Crippen LogP contribution in [0.15, 0.2) is 23.1 Å². The zero-order chi connectivity index (χ0) is 14.6. The van der Waals surface area contributed by atoms with Crippen LogP contribution in [-0.4, -0.2) is 37.4 Å². The monoisotopic (exact) mass is 302 g/mol. The molecule has 0 aromatic heterocycles. The van der Waals surface area contributed by atoms with Gasteiger partial charge in [-0.05, 0) is 18.2 Å². The van der Waals surface area contributed by atoms with Gasteiger partial charge in [0.25, 0.3) is 0 Å². The van der Waals surface area contributed by atoms with E-state index in [2.05, 4.69) is 0 Å². The van der Waals surface area contributed by atoms with Crippen LogP contribution in [0, 0.1) is 11.3 Å². The SMILES string of the molecule is CN(CCC(=O)O)S(=O)(=O)c1cc(Cl)ccc1C#N. The highest BCUT2D eigenvalue weighted by atomic mass is 35.5. The maximum absolute atomic E-state index is 12.2. The molecule has 0 radical (unpaired) electrons. The number of sulfonamides is 1. The van der Waals surface area contributed by atoms with Gasteiger partial charge in [-0.3, -0.25) is 4.79 Å². The first-order valence-electron chi connectivity index (χ1n) is 5.17. The van der Waals surface area contributed by atoms with Crippen LogP contribution in [0.25, 0.3) is 0 Å². The topological polar surface area (TPSA) is 98.5 Å². The predicted octanol–water partition coefficient (Wildman–Crippen LogP) is 1.31. The molecule has 0 heterocycles. The lowest BCUT2D eigenvalue weighted by molar-refractivity contribution is -0.137. The zero-order valence-corrected chi connectivity index (χ0v) is 11.6. The van der Waals surface area contributed by atoms with Gasteiger partial charge in [0.1, 0.15) is 11.0 Å². The summed E-state index contributed by atoms with van der Waals surface area (Å²) in [5, 5.41) is 17.6. The highest BCUT2D eigenvalue weighted by Crippen LogP contribution is 2.23. The molecule has 102 valence electrons. The molecule has 0 fully saturated rings. The highest BCUT2D eigenvalue weighted by Gasteiger charge is 2.24. The van der Waals surface area contributed by atoms with Gasteiger partial charge < -0.3 is 5.11 Å². The number of benzene rings is 1. The second-order valence-corrected chi connectivity index (χ2v) is 6.17. The molecule has 1 aromatic rings. The number of nitrogens with zero attached hydrogens (tertiary/aromatic N) is 2. The van der Waals surface area contributed by atoms with Crippen molar-refractivity contribution in [1.82, 2.24) is 4.31 Å². The Morgan fingerprint density at radius 1 is 1.53 bits per heavy atom. The van der Waals surface area contributed by atoms with Crippen LogP contribution in [0.3, 0.4) is 0 Å². The van der Waals surface area contributed by atoms with Crippen molar-refractivity contribution in [2.75, 3.05) is 13.6 Å². The summed E-state index contributed by atoms with van der Waals surface area (Å²) < 4.78 is 25.3. The van der Waals surface area contributed by atoms with Crippen LogP contribution in [0.5, 0.6) is 0 Å². The van der Waals surface area contributed by atoms with Crippen LogP contribution >= 0.6 is 11.6 Å². The molecule has 0 bridgehead atoms. The number of rotatable bonds is 5. The number of carbonyl (C=O) groups is 1. The van der Waals surface area contributed by atoms with Gasteiger partial charge in [-0.2, -0.15) is 5.26 Å². The Hall–Kier alpha value is -1.62. The van der Waals surface area contributed by atoms with E-state index in [4.69, 9.17) is 22.0 Å². The largest absolute Gasteiger partial charge is 0.481 e.